The largest absolute Gasteiger partial charge is 0.281 e. The molecule has 0 atom stereocenters. The van der Waals surface area contributed by atoms with E-state index in [1.54, 1.807) is 0 Å². The summed E-state index contributed by atoms with van der Waals surface area (Å²) in [4.78, 5) is 11.6. The van der Waals surface area contributed by atoms with Crippen molar-refractivity contribution in [1.82, 2.24) is 0 Å². The van der Waals surface area contributed by atoms with Crippen LogP contribution < -0.4 is 0 Å². The molecule has 5 rings (SSSR count). The number of hydrogen-bond donors (Lipinski definition) is 0. The van der Waals surface area contributed by atoms with E-state index >= 15 is 0 Å². The molecule has 110 valence electrons. The molecule has 4 aromatic rings. The van der Waals surface area contributed by atoms with Gasteiger partial charge in [-0.3, -0.25) is 10.1 Å². The Hall–Kier alpha value is -2.94. The van der Waals surface area contributed by atoms with Crippen molar-refractivity contribution >= 4 is 44.1 Å². The monoisotopic (exact) mass is 299 g/mol. The summed E-state index contributed by atoms with van der Waals surface area (Å²) in [6, 6.07) is 14.3. The molecule has 0 amide bonds. The first-order valence-electron chi connectivity index (χ1n) is 7.79. The molecule has 3 heteroatoms. The summed E-state index contributed by atoms with van der Waals surface area (Å²) in [5, 5.41) is 18.1. The van der Waals surface area contributed by atoms with Crippen LogP contribution in [0.25, 0.3) is 38.4 Å². The first-order valence-corrected chi connectivity index (χ1v) is 7.79. The fourth-order valence-corrected chi connectivity index (χ4v) is 4.04. The highest BCUT2D eigenvalue weighted by atomic mass is 16.6. The van der Waals surface area contributed by atoms with E-state index in [0.717, 1.165) is 56.3 Å². The van der Waals surface area contributed by atoms with Crippen molar-refractivity contribution < 1.29 is 4.92 Å². The van der Waals surface area contributed by atoms with Crippen LogP contribution in [0.1, 0.15) is 17.5 Å². The molecule has 0 radical (unpaired) electrons. The zero-order valence-electron chi connectivity index (χ0n) is 12.4. The maximum atomic E-state index is 11.8. The minimum atomic E-state index is -0.204. The van der Waals surface area contributed by atoms with E-state index in [2.05, 4.69) is 36.4 Å². The van der Waals surface area contributed by atoms with Crippen LogP contribution >= 0.6 is 0 Å². The number of benzene rings is 4. The van der Waals surface area contributed by atoms with Gasteiger partial charge in [-0.1, -0.05) is 48.6 Å². The standard InChI is InChI=1S/C20H13NO2/c22-21(23)20-16-7-2-1-6-14(16)15-10-8-12-4-3-5-13-9-11-17(20)19(15)18(12)13/h1,3-6,8-11H,2,7H2. The molecule has 1 aliphatic carbocycles. The molecule has 4 aromatic carbocycles. The molecule has 0 aromatic heterocycles. The maximum Gasteiger partial charge on any atom is 0.281 e. The highest BCUT2D eigenvalue weighted by Crippen LogP contribution is 2.44. The first-order chi connectivity index (χ1) is 11.3. The second-order valence-electron chi connectivity index (χ2n) is 6.12. The van der Waals surface area contributed by atoms with Crippen LogP contribution in [0.5, 0.6) is 0 Å². The van der Waals surface area contributed by atoms with E-state index < -0.39 is 0 Å². The topological polar surface area (TPSA) is 43.1 Å². The van der Waals surface area contributed by atoms with Gasteiger partial charge in [0.25, 0.3) is 5.69 Å². The zero-order valence-corrected chi connectivity index (χ0v) is 12.4. The van der Waals surface area contributed by atoms with Gasteiger partial charge in [0.05, 0.1) is 10.3 Å². The zero-order chi connectivity index (χ0) is 15.6. The van der Waals surface area contributed by atoms with Crippen LogP contribution in [0.2, 0.25) is 0 Å². The minimum absolute atomic E-state index is 0.204. The Morgan fingerprint density at radius 2 is 1.65 bits per heavy atom. The second kappa shape index (κ2) is 4.29. The highest BCUT2D eigenvalue weighted by Gasteiger charge is 2.26. The third kappa shape index (κ3) is 1.54. The van der Waals surface area contributed by atoms with Gasteiger partial charge in [0, 0.05) is 10.9 Å². The van der Waals surface area contributed by atoms with Gasteiger partial charge in [-0.05, 0) is 46.0 Å². The summed E-state index contributed by atoms with van der Waals surface area (Å²) >= 11 is 0. The molecule has 0 spiro atoms. The van der Waals surface area contributed by atoms with Crippen LogP contribution in [0.4, 0.5) is 5.69 Å². The first kappa shape index (κ1) is 12.6. The molecule has 23 heavy (non-hydrogen) atoms. The van der Waals surface area contributed by atoms with E-state index in [9.17, 15) is 10.1 Å². The number of nitro groups is 1. The van der Waals surface area contributed by atoms with E-state index in [1.165, 1.54) is 0 Å². The Bertz CT molecular complexity index is 1130. The van der Waals surface area contributed by atoms with E-state index in [0.29, 0.717) is 0 Å². The molecule has 0 heterocycles. The number of rotatable bonds is 1. The van der Waals surface area contributed by atoms with Gasteiger partial charge in [-0.2, -0.15) is 0 Å². The summed E-state index contributed by atoms with van der Waals surface area (Å²) in [5.41, 5.74) is 2.19. The lowest BCUT2D eigenvalue weighted by molar-refractivity contribution is -0.383. The SMILES string of the molecule is O=[N+]([O-])c1c2c(c3ccc4cccc5ccc1c3c45)C=CCC2. The third-order valence-electron chi connectivity index (χ3n) is 4.96. The van der Waals surface area contributed by atoms with Crippen LogP contribution in [0.15, 0.2) is 48.5 Å². The molecular weight excluding hydrogens is 286 g/mol. The molecule has 0 N–H and O–H groups in total. The van der Waals surface area contributed by atoms with Gasteiger partial charge in [-0.25, -0.2) is 0 Å². The van der Waals surface area contributed by atoms with Crippen molar-refractivity contribution in [3.63, 3.8) is 0 Å². The molecule has 0 unspecified atom stereocenters. The average molecular weight is 299 g/mol. The van der Waals surface area contributed by atoms with Gasteiger partial charge >= 0.3 is 0 Å². The predicted octanol–water partition coefficient (Wildman–Crippen LogP) is 5.45. The van der Waals surface area contributed by atoms with Gasteiger partial charge < -0.3 is 0 Å². The fourth-order valence-electron chi connectivity index (χ4n) is 4.04. The summed E-state index contributed by atoms with van der Waals surface area (Å²) < 4.78 is 0. The summed E-state index contributed by atoms with van der Waals surface area (Å²) in [6.07, 6.45) is 5.76. The van der Waals surface area contributed by atoms with Gasteiger partial charge in [0.15, 0.2) is 0 Å². The Morgan fingerprint density at radius 1 is 0.913 bits per heavy atom. The van der Waals surface area contributed by atoms with E-state index in [4.69, 9.17) is 0 Å². The number of nitro benzene ring substituents is 1. The maximum absolute atomic E-state index is 11.8. The number of hydrogen-bond acceptors (Lipinski definition) is 2. The van der Waals surface area contributed by atoms with Gasteiger partial charge in [-0.15, -0.1) is 0 Å². The van der Waals surface area contributed by atoms with Gasteiger partial charge in [0.1, 0.15) is 0 Å². The van der Waals surface area contributed by atoms with Crippen LogP contribution in [0, 0.1) is 10.1 Å². The smallest absolute Gasteiger partial charge is 0.258 e. The van der Waals surface area contributed by atoms with E-state index in [1.807, 2.05) is 18.2 Å². The Morgan fingerprint density at radius 3 is 2.39 bits per heavy atom. The minimum Gasteiger partial charge on any atom is -0.258 e. The Balaban J connectivity index is 2.16. The lowest BCUT2D eigenvalue weighted by atomic mass is 9.85. The molecule has 0 fully saturated rings. The van der Waals surface area contributed by atoms with E-state index in [-0.39, 0.29) is 10.6 Å². The highest BCUT2D eigenvalue weighted by molar-refractivity contribution is 6.26. The normalized spacial score (nSPS) is 13.9. The third-order valence-corrected chi connectivity index (χ3v) is 4.96. The molecule has 1 aliphatic rings. The summed E-state index contributed by atoms with van der Waals surface area (Å²) in [7, 11) is 0. The predicted molar refractivity (Wildman–Crippen MR) is 94.2 cm³/mol. The average Bonchev–Trinajstić information content (AvgIpc) is 2.58. The molecule has 0 saturated heterocycles. The van der Waals surface area contributed by atoms with Crippen molar-refractivity contribution in [2.45, 2.75) is 12.8 Å². The summed E-state index contributed by atoms with van der Waals surface area (Å²) in [6.45, 7) is 0. The van der Waals surface area contributed by atoms with Crippen LogP contribution in [0.3, 0.4) is 0 Å². The molecule has 0 saturated carbocycles. The van der Waals surface area contributed by atoms with Crippen molar-refractivity contribution in [2.24, 2.45) is 0 Å². The van der Waals surface area contributed by atoms with Crippen molar-refractivity contribution in [3.05, 3.63) is 69.8 Å². The lowest BCUT2D eigenvalue weighted by Crippen LogP contribution is -2.03. The Kier molecular flexibility index (Phi) is 2.35. The fraction of sp³-hybridized carbons (Fsp3) is 0.100. The summed E-state index contributed by atoms with van der Waals surface area (Å²) in [5.74, 6) is 0. The number of fused-ring (bicyclic) bond motifs is 2. The van der Waals surface area contributed by atoms with Crippen LogP contribution in [-0.4, -0.2) is 4.92 Å². The number of nitrogens with zero attached hydrogens (tertiary/aromatic N) is 1. The quantitative estimate of drug-likeness (QED) is 0.266. The molecule has 0 bridgehead atoms. The lowest BCUT2D eigenvalue weighted by Gasteiger charge is -2.18. The molecular formula is C20H13NO2. The van der Waals surface area contributed by atoms with Gasteiger partial charge in [0.2, 0.25) is 0 Å². The van der Waals surface area contributed by atoms with Crippen molar-refractivity contribution in [3.8, 4) is 0 Å². The Labute approximate surface area is 132 Å². The number of allylic oxidation sites excluding steroid dienone is 1. The van der Waals surface area contributed by atoms with Crippen molar-refractivity contribution in [2.75, 3.05) is 0 Å². The molecule has 0 aliphatic heterocycles. The van der Waals surface area contributed by atoms with Crippen LogP contribution in [-0.2, 0) is 6.42 Å². The van der Waals surface area contributed by atoms with Crippen molar-refractivity contribution in [1.29, 1.82) is 0 Å². The molecule has 3 nitrogen and oxygen atoms in total. The second-order valence-corrected chi connectivity index (χ2v) is 6.12.